The second kappa shape index (κ2) is 5.85. The zero-order valence-corrected chi connectivity index (χ0v) is 13.2. The molecular weight excluding hydrogens is 306 g/mol. The van der Waals surface area contributed by atoms with Gasteiger partial charge in [0.15, 0.2) is 16.4 Å². The number of carbonyl (C=O) groups excluding carboxylic acids is 1. The van der Waals surface area contributed by atoms with Gasteiger partial charge in [0.05, 0.1) is 23.2 Å². The minimum atomic E-state index is -3.08. The molecule has 0 radical (unpaired) electrons. The van der Waals surface area contributed by atoms with E-state index in [0.717, 1.165) is 5.69 Å². The van der Waals surface area contributed by atoms with Crippen molar-refractivity contribution in [3.05, 3.63) is 24.0 Å². The minimum absolute atomic E-state index is 0.0301. The number of rotatable bonds is 3. The lowest BCUT2D eigenvalue weighted by Crippen LogP contribution is -2.59. The molecule has 2 saturated heterocycles. The summed E-state index contributed by atoms with van der Waals surface area (Å²) in [6, 6.07) is 3.06. The van der Waals surface area contributed by atoms with Crippen molar-refractivity contribution in [2.45, 2.75) is 19.0 Å². The Hall–Kier alpha value is -1.67. The number of carbonyl (C=O) groups is 1. The van der Waals surface area contributed by atoms with Crippen LogP contribution in [0, 0.1) is 6.92 Å². The molecule has 1 N–H and O–H groups in total. The van der Waals surface area contributed by atoms with Gasteiger partial charge in [-0.1, -0.05) is 0 Å². The third kappa shape index (κ3) is 3.07. The van der Waals surface area contributed by atoms with E-state index in [4.69, 9.17) is 4.74 Å². The number of pyridine rings is 1. The van der Waals surface area contributed by atoms with Crippen LogP contribution in [0.25, 0.3) is 0 Å². The Kier molecular flexibility index (Phi) is 4.05. The van der Waals surface area contributed by atoms with Gasteiger partial charge in [-0.15, -0.1) is 0 Å². The fourth-order valence-electron chi connectivity index (χ4n) is 3.02. The SMILES string of the molecule is Cc1ncccc1OCC(=O)N1CCN[C@H]2CS(=O)(=O)C[C@H]21. The first-order valence-electron chi connectivity index (χ1n) is 7.24. The van der Waals surface area contributed by atoms with Crippen molar-refractivity contribution in [1.82, 2.24) is 15.2 Å². The third-order valence-corrected chi connectivity index (χ3v) is 5.83. The molecule has 0 unspecified atom stereocenters. The maximum absolute atomic E-state index is 12.4. The molecule has 7 nitrogen and oxygen atoms in total. The van der Waals surface area contributed by atoms with Crippen LogP contribution in [0.3, 0.4) is 0 Å². The molecule has 1 aromatic rings. The van der Waals surface area contributed by atoms with Crippen LogP contribution >= 0.6 is 0 Å². The van der Waals surface area contributed by atoms with Crippen LogP contribution < -0.4 is 10.1 Å². The molecule has 8 heteroatoms. The van der Waals surface area contributed by atoms with Gasteiger partial charge in [-0.2, -0.15) is 0 Å². The first kappa shape index (κ1) is 15.2. The second-order valence-corrected chi connectivity index (χ2v) is 7.82. The van der Waals surface area contributed by atoms with Crippen LogP contribution in [0.4, 0.5) is 0 Å². The summed E-state index contributed by atoms with van der Waals surface area (Å²) < 4.78 is 29.1. The Morgan fingerprint density at radius 2 is 2.32 bits per heavy atom. The number of nitrogens with zero attached hydrogens (tertiary/aromatic N) is 2. The Morgan fingerprint density at radius 3 is 3.09 bits per heavy atom. The van der Waals surface area contributed by atoms with Crippen LogP contribution in [0.15, 0.2) is 18.3 Å². The first-order valence-corrected chi connectivity index (χ1v) is 9.06. The van der Waals surface area contributed by atoms with Crippen LogP contribution in [-0.2, 0) is 14.6 Å². The molecule has 2 aliphatic rings. The number of fused-ring (bicyclic) bond motifs is 1. The smallest absolute Gasteiger partial charge is 0.260 e. The number of aromatic nitrogens is 1. The van der Waals surface area contributed by atoms with Gasteiger partial charge in [0, 0.05) is 25.3 Å². The van der Waals surface area contributed by atoms with E-state index in [-0.39, 0.29) is 36.1 Å². The lowest BCUT2D eigenvalue weighted by molar-refractivity contribution is -0.136. The van der Waals surface area contributed by atoms with Crippen molar-refractivity contribution in [3.63, 3.8) is 0 Å². The highest BCUT2D eigenvalue weighted by atomic mass is 32.2. The number of amides is 1. The van der Waals surface area contributed by atoms with E-state index in [0.29, 0.717) is 18.8 Å². The lowest BCUT2D eigenvalue weighted by atomic mass is 10.1. The summed E-state index contributed by atoms with van der Waals surface area (Å²) in [6.45, 7) is 2.82. The number of hydrogen-bond acceptors (Lipinski definition) is 6. The molecule has 0 aromatic carbocycles. The molecule has 2 fully saturated rings. The average Bonchev–Trinajstić information content (AvgIpc) is 2.79. The van der Waals surface area contributed by atoms with Crippen molar-refractivity contribution < 1.29 is 17.9 Å². The molecule has 0 aliphatic carbocycles. The molecule has 2 atom stereocenters. The summed E-state index contributed by atoms with van der Waals surface area (Å²) in [5, 5.41) is 3.18. The molecule has 3 heterocycles. The van der Waals surface area contributed by atoms with Crippen molar-refractivity contribution in [2.24, 2.45) is 0 Å². The van der Waals surface area contributed by atoms with Gasteiger partial charge in [-0.25, -0.2) is 8.42 Å². The summed E-state index contributed by atoms with van der Waals surface area (Å²) in [7, 11) is -3.08. The quantitative estimate of drug-likeness (QED) is 0.796. The summed E-state index contributed by atoms with van der Waals surface area (Å²) in [4.78, 5) is 18.1. The topological polar surface area (TPSA) is 88.6 Å². The van der Waals surface area contributed by atoms with E-state index in [2.05, 4.69) is 10.3 Å². The van der Waals surface area contributed by atoms with Crippen LogP contribution in [-0.4, -0.2) is 67.5 Å². The highest BCUT2D eigenvalue weighted by Crippen LogP contribution is 2.22. The Morgan fingerprint density at radius 1 is 1.50 bits per heavy atom. The van der Waals surface area contributed by atoms with Gasteiger partial charge in [-0.05, 0) is 19.1 Å². The zero-order valence-electron chi connectivity index (χ0n) is 12.4. The van der Waals surface area contributed by atoms with Gasteiger partial charge >= 0.3 is 0 Å². The Balaban J connectivity index is 1.66. The maximum Gasteiger partial charge on any atom is 0.260 e. The number of hydrogen-bond donors (Lipinski definition) is 1. The molecule has 3 rings (SSSR count). The molecule has 1 amide bonds. The van der Waals surface area contributed by atoms with E-state index in [1.807, 2.05) is 6.92 Å². The first-order chi connectivity index (χ1) is 10.5. The highest BCUT2D eigenvalue weighted by Gasteiger charge is 2.44. The van der Waals surface area contributed by atoms with Crippen LogP contribution in [0.2, 0.25) is 0 Å². The molecule has 2 aliphatic heterocycles. The standard InChI is InChI=1S/C14H19N3O4S/c1-10-13(3-2-4-15-10)21-7-14(18)17-6-5-16-11-8-22(19,20)9-12(11)17/h2-4,11-12,16H,5-9H2,1H3/t11-,12+/m0/s1. The third-order valence-electron chi connectivity index (χ3n) is 4.11. The summed E-state index contributed by atoms with van der Waals surface area (Å²) in [6.07, 6.45) is 1.66. The monoisotopic (exact) mass is 325 g/mol. The second-order valence-electron chi connectivity index (χ2n) is 5.67. The summed E-state index contributed by atoms with van der Waals surface area (Å²) in [5.41, 5.74) is 0.719. The van der Waals surface area contributed by atoms with Crippen molar-refractivity contribution >= 4 is 15.7 Å². The highest BCUT2D eigenvalue weighted by molar-refractivity contribution is 7.91. The van der Waals surface area contributed by atoms with Gasteiger partial charge < -0.3 is 15.0 Å². The minimum Gasteiger partial charge on any atom is -0.482 e. The number of sulfone groups is 1. The van der Waals surface area contributed by atoms with E-state index in [9.17, 15) is 13.2 Å². The fraction of sp³-hybridized carbons (Fsp3) is 0.571. The Bertz CT molecular complexity index is 676. The number of ether oxygens (including phenoxy) is 1. The summed E-state index contributed by atoms with van der Waals surface area (Å²) in [5.74, 6) is 0.519. The predicted octanol–water partition coefficient (Wildman–Crippen LogP) is -0.634. The normalized spacial score (nSPS) is 26.5. The molecule has 0 bridgehead atoms. The molecular formula is C14H19N3O4S. The Labute approximate surface area is 129 Å². The molecule has 22 heavy (non-hydrogen) atoms. The van der Waals surface area contributed by atoms with E-state index < -0.39 is 9.84 Å². The van der Waals surface area contributed by atoms with Crippen LogP contribution in [0.5, 0.6) is 5.75 Å². The molecule has 120 valence electrons. The van der Waals surface area contributed by atoms with E-state index >= 15 is 0 Å². The van der Waals surface area contributed by atoms with Crippen molar-refractivity contribution in [1.29, 1.82) is 0 Å². The fourth-order valence-corrected chi connectivity index (χ4v) is 4.98. The lowest BCUT2D eigenvalue weighted by Gasteiger charge is -2.37. The largest absolute Gasteiger partial charge is 0.482 e. The van der Waals surface area contributed by atoms with Crippen LogP contribution in [0.1, 0.15) is 5.69 Å². The predicted molar refractivity (Wildman–Crippen MR) is 80.4 cm³/mol. The van der Waals surface area contributed by atoms with E-state index in [1.165, 1.54) is 0 Å². The number of aryl methyl sites for hydroxylation is 1. The average molecular weight is 325 g/mol. The molecule has 0 spiro atoms. The molecule has 0 saturated carbocycles. The van der Waals surface area contributed by atoms with Crippen molar-refractivity contribution in [3.8, 4) is 5.75 Å². The van der Waals surface area contributed by atoms with Gasteiger partial charge in [0.25, 0.3) is 5.91 Å². The van der Waals surface area contributed by atoms with Gasteiger partial charge in [0.2, 0.25) is 0 Å². The summed E-state index contributed by atoms with van der Waals surface area (Å²) >= 11 is 0. The van der Waals surface area contributed by atoms with Crippen molar-refractivity contribution in [2.75, 3.05) is 31.2 Å². The van der Waals surface area contributed by atoms with E-state index in [1.54, 1.807) is 23.2 Å². The zero-order chi connectivity index (χ0) is 15.7. The maximum atomic E-state index is 12.4. The van der Waals surface area contributed by atoms with Gasteiger partial charge in [-0.3, -0.25) is 9.78 Å². The number of piperazine rings is 1. The molecule has 1 aromatic heterocycles. The van der Waals surface area contributed by atoms with Gasteiger partial charge in [0.1, 0.15) is 5.75 Å². The number of nitrogens with one attached hydrogen (secondary N) is 1.